The van der Waals surface area contributed by atoms with Gasteiger partial charge in [0.1, 0.15) is 0 Å². The highest BCUT2D eigenvalue weighted by molar-refractivity contribution is 5.90. The molecule has 0 unspecified atom stereocenters. The van der Waals surface area contributed by atoms with Crippen LogP contribution in [0.2, 0.25) is 0 Å². The van der Waals surface area contributed by atoms with Crippen LogP contribution < -0.4 is 14.8 Å². The molecule has 5 nitrogen and oxygen atoms in total. The van der Waals surface area contributed by atoms with Crippen molar-refractivity contribution >= 4 is 17.3 Å². The molecule has 0 saturated heterocycles. The van der Waals surface area contributed by atoms with Gasteiger partial charge in [-0.1, -0.05) is 36.4 Å². The van der Waals surface area contributed by atoms with Crippen LogP contribution >= 0.6 is 0 Å². The number of nitrogens with zero attached hydrogens (tertiary/aromatic N) is 1. The summed E-state index contributed by atoms with van der Waals surface area (Å²) in [5.74, 6) is 1.37. The fourth-order valence-corrected chi connectivity index (χ4v) is 2.94. The number of urea groups is 1. The number of hydrogen-bond acceptors (Lipinski definition) is 3. The summed E-state index contributed by atoms with van der Waals surface area (Å²) >= 11 is 0. The third kappa shape index (κ3) is 2.93. The first kappa shape index (κ1) is 14.6. The van der Waals surface area contributed by atoms with Gasteiger partial charge in [-0.25, -0.2) is 4.79 Å². The second kappa shape index (κ2) is 6.28. The highest BCUT2D eigenvalue weighted by Gasteiger charge is 2.19. The summed E-state index contributed by atoms with van der Waals surface area (Å²) in [7, 11) is 0. The molecule has 2 amide bonds. The van der Waals surface area contributed by atoms with Gasteiger partial charge in [0, 0.05) is 24.8 Å². The van der Waals surface area contributed by atoms with Crippen molar-refractivity contribution in [1.82, 2.24) is 4.90 Å². The summed E-state index contributed by atoms with van der Waals surface area (Å²) in [6.45, 7) is 1.55. The van der Waals surface area contributed by atoms with Gasteiger partial charge in [-0.15, -0.1) is 0 Å². The first-order valence-corrected chi connectivity index (χ1v) is 7.99. The van der Waals surface area contributed by atoms with Crippen molar-refractivity contribution in [1.29, 1.82) is 0 Å². The molecule has 2 heterocycles. The van der Waals surface area contributed by atoms with E-state index in [1.807, 2.05) is 30.3 Å². The predicted molar refractivity (Wildman–Crippen MR) is 92.2 cm³/mol. The Morgan fingerprint density at radius 1 is 1.04 bits per heavy atom. The van der Waals surface area contributed by atoms with Gasteiger partial charge < -0.3 is 19.7 Å². The Morgan fingerprint density at radius 3 is 2.67 bits per heavy atom. The summed E-state index contributed by atoms with van der Waals surface area (Å²) in [6.07, 6.45) is 2.98. The molecule has 2 aromatic rings. The molecule has 2 aliphatic rings. The largest absolute Gasteiger partial charge is 0.454 e. The summed E-state index contributed by atoms with van der Waals surface area (Å²) in [4.78, 5) is 14.2. The number of rotatable bonds is 2. The predicted octanol–water partition coefficient (Wildman–Crippen LogP) is 3.74. The maximum absolute atomic E-state index is 12.4. The number of benzene rings is 2. The van der Waals surface area contributed by atoms with E-state index in [1.54, 1.807) is 11.0 Å². The van der Waals surface area contributed by atoms with Crippen LogP contribution in [0.25, 0.3) is 5.57 Å². The van der Waals surface area contributed by atoms with Gasteiger partial charge in [-0.2, -0.15) is 0 Å². The van der Waals surface area contributed by atoms with Gasteiger partial charge in [0.2, 0.25) is 6.79 Å². The van der Waals surface area contributed by atoms with Crippen molar-refractivity contribution in [2.45, 2.75) is 6.42 Å². The van der Waals surface area contributed by atoms with Gasteiger partial charge in [0.05, 0.1) is 0 Å². The fraction of sp³-hybridized carbons (Fsp3) is 0.211. The highest BCUT2D eigenvalue weighted by Crippen LogP contribution is 2.34. The van der Waals surface area contributed by atoms with E-state index in [4.69, 9.17) is 9.47 Å². The quantitative estimate of drug-likeness (QED) is 0.916. The lowest BCUT2D eigenvalue weighted by atomic mass is 10.00. The molecule has 0 bridgehead atoms. The lowest BCUT2D eigenvalue weighted by molar-refractivity contribution is 0.174. The number of hydrogen-bond donors (Lipinski definition) is 1. The molecule has 0 spiro atoms. The maximum Gasteiger partial charge on any atom is 0.322 e. The Morgan fingerprint density at radius 2 is 1.88 bits per heavy atom. The van der Waals surface area contributed by atoms with E-state index in [0.717, 1.165) is 6.42 Å². The second-order valence-electron chi connectivity index (χ2n) is 5.79. The normalized spacial score (nSPS) is 15.8. The summed E-state index contributed by atoms with van der Waals surface area (Å²) in [6, 6.07) is 15.6. The molecule has 2 aromatic carbocycles. The molecule has 2 aliphatic heterocycles. The van der Waals surface area contributed by atoms with E-state index in [1.165, 1.54) is 11.1 Å². The minimum absolute atomic E-state index is 0.0998. The van der Waals surface area contributed by atoms with Crippen LogP contribution in [-0.4, -0.2) is 30.8 Å². The first-order valence-electron chi connectivity index (χ1n) is 7.99. The number of amides is 2. The van der Waals surface area contributed by atoms with Crippen molar-refractivity contribution in [3.63, 3.8) is 0 Å². The highest BCUT2D eigenvalue weighted by atomic mass is 16.7. The number of fused-ring (bicyclic) bond motifs is 1. The van der Waals surface area contributed by atoms with Gasteiger partial charge in [0.15, 0.2) is 11.5 Å². The van der Waals surface area contributed by atoms with Crippen LogP contribution in [0.5, 0.6) is 11.5 Å². The smallest absolute Gasteiger partial charge is 0.322 e. The topological polar surface area (TPSA) is 50.8 Å². The fourth-order valence-electron chi connectivity index (χ4n) is 2.94. The van der Waals surface area contributed by atoms with E-state index in [0.29, 0.717) is 30.3 Å². The second-order valence-corrected chi connectivity index (χ2v) is 5.79. The van der Waals surface area contributed by atoms with E-state index < -0.39 is 0 Å². The van der Waals surface area contributed by atoms with Crippen molar-refractivity contribution < 1.29 is 14.3 Å². The van der Waals surface area contributed by atoms with E-state index in [-0.39, 0.29) is 12.8 Å². The lowest BCUT2D eigenvalue weighted by Gasteiger charge is -2.27. The van der Waals surface area contributed by atoms with Crippen LogP contribution in [0.4, 0.5) is 10.5 Å². The van der Waals surface area contributed by atoms with Gasteiger partial charge in [-0.3, -0.25) is 0 Å². The SMILES string of the molecule is O=C(Nc1ccc2c(c1)OCO2)N1CC=C(c2ccccc2)CC1. The third-order valence-corrected chi connectivity index (χ3v) is 4.26. The minimum Gasteiger partial charge on any atom is -0.454 e. The Kier molecular flexibility index (Phi) is 3.83. The number of carbonyl (C=O) groups is 1. The summed E-state index contributed by atoms with van der Waals surface area (Å²) in [5.41, 5.74) is 3.23. The average Bonchev–Trinajstić information content (AvgIpc) is 3.10. The number of ether oxygens (including phenoxy) is 2. The van der Waals surface area contributed by atoms with Gasteiger partial charge >= 0.3 is 6.03 Å². The van der Waals surface area contributed by atoms with Crippen LogP contribution in [0.1, 0.15) is 12.0 Å². The molecule has 24 heavy (non-hydrogen) atoms. The van der Waals surface area contributed by atoms with E-state index >= 15 is 0 Å². The molecular weight excluding hydrogens is 304 g/mol. The van der Waals surface area contributed by atoms with Gasteiger partial charge in [-0.05, 0) is 29.7 Å². The first-order chi connectivity index (χ1) is 11.8. The molecule has 1 N–H and O–H groups in total. The van der Waals surface area contributed by atoms with Gasteiger partial charge in [0.25, 0.3) is 0 Å². The van der Waals surface area contributed by atoms with Crippen molar-refractivity contribution in [2.24, 2.45) is 0 Å². The Labute approximate surface area is 140 Å². The summed E-state index contributed by atoms with van der Waals surface area (Å²) in [5, 5.41) is 2.92. The molecule has 0 atom stereocenters. The Hall–Kier alpha value is -2.95. The Bertz CT molecular complexity index is 786. The molecule has 0 radical (unpaired) electrons. The molecule has 0 fully saturated rings. The lowest BCUT2D eigenvalue weighted by Crippen LogP contribution is -2.37. The van der Waals surface area contributed by atoms with E-state index in [9.17, 15) is 4.79 Å². The van der Waals surface area contributed by atoms with Crippen molar-refractivity contribution in [3.8, 4) is 11.5 Å². The van der Waals surface area contributed by atoms with Crippen LogP contribution in [0.3, 0.4) is 0 Å². The number of anilines is 1. The average molecular weight is 322 g/mol. The van der Waals surface area contributed by atoms with Crippen LogP contribution in [0, 0.1) is 0 Å². The molecule has 5 heteroatoms. The maximum atomic E-state index is 12.4. The molecule has 0 aliphatic carbocycles. The standard InChI is InChI=1S/C19H18N2O3/c22-19(20-16-6-7-17-18(12-16)24-13-23-17)21-10-8-15(9-11-21)14-4-2-1-3-5-14/h1-8,12H,9-11,13H2,(H,20,22). The molecule has 0 saturated carbocycles. The molecular formula is C19H18N2O3. The number of nitrogens with one attached hydrogen (secondary N) is 1. The molecule has 4 rings (SSSR count). The zero-order valence-electron chi connectivity index (χ0n) is 13.2. The molecule has 0 aromatic heterocycles. The van der Waals surface area contributed by atoms with Crippen LogP contribution in [0.15, 0.2) is 54.6 Å². The van der Waals surface area contributed by atoms with Crippen molar-refractivity contribution in [3.05, 3.63) is 60.2 Å². The number of carbonyl (C=O) groups excluding carboxylic acids is 1. The minimum atomic E-state index is -0.0998. The van der Waals surface area contributed by atoms with E-state index in [2.05, 4.69) is 23.5 Å². The zero-order chi connectivity index (χ0) is 16.4. The van der Waals surface area contributed by atoms with Crippen LogP contribution in [-0.2, 0) is 0 Å². The Balaban J connectivity index is 1.40. The third-order valence-electron chi connectivity index (χ3n) is 4.26. The molecule has 122 valence electrons. The summed E-state index contributed by atoms with van der Waals surface area (Å²) < 4.78 is 10.6. The monoisotopic (exact) mass is 322 g/mol. The van der Waals surface area contributed by atoms with Crippen molar-refractivity contribution in [2.75, 3.05) is 25.2 Å². The zero-order valence-corrected chi connectivity index (χ0v) is 13.2.